The van der Waals surface area contributed by atoms with Crippen molar-refractivity contribution in [3.63, 3.8) is 0 Å². The van der Waals surface area contributed by atoms with Crippen LogP contribution in [0.1, 0.15) is 25.7 Å². The summed E-state index contributed by atoms with van der Waals surface area (Å²) in [6.45, 7) is 0. The lowest BCUT2D eigenvalue weighted by Gasteiger charge is -2.18. The number of hydrogen-bond acceptors (Lipinski definition) is 3. The Morgan fingerprint density at radius 3 is 3.18 bits per heavy atom. The lowest BCUT2D eigenvalue weighted by Crippen LogP contribution is -2.29. The molecule has 1 aliphatic rings. The summed E-state index contributed by atoms with van der Waals surface area (Å²) in [6, 6.07) is 4.76. The maximum absolute atomic E-state index is 4.38. The molecular formula is C13H19BrN2S. The van der Waals surface area contributed by atoms with E-state index in [2.05, 4.69) is 39.3 Å². The number of nitrogens with one attached hydrogen (secondary N) is 1. The van der Waals surface area contributed by atoms with E-state index in [1.165, 1.54) is 31.4 Å². The molecule has 94 valence electrons. The predicted octanol–water partition coefficient (Wildman–Crippen LogP) is 3.71. The fraction of sp³-hybridized carbons (Fsp3) is 0.615. The third kappa shape index (κ3) is 3.70. The Balaban J connectivity index is 1.78. The standard InChI is InChI=1S/C13H19BrN2S/c1-15-12-6-2-4-10(12)7-9-17-13-11(14)5-3-8-16-13/h3,5,8,10,12,15H,2,4,6-7,9H2,1H3. The molecular weight excluding hydrogens is 296 g/mol. The minimum absolute atomic E-state index is 0.739. The molecule has 0 radical (unpaired) electrons. The van der Waals surface area contributed by atoms with E-state index in [9.17, 15) is 0 Å². The van der Waals surface area contributed by atoms with E-state index in [0.717, 1.165) is 21.5 Å². The molecule has 0 aromatic carbocycles. The van der Waals surface area contributed by atoms with Crippen LogP contribution in [0.4, 0.5) is 0 Å². The van der Waals surface area contributed by atoms with Crippen LogP contribution >= 0.6 is 27.7 Å². The second-order valence-corrected chi connectivity index (χ2v) is 6.45. The topological polar surface area (TPSA) is 24.9 Å². The van der Waals surface area contributed by atoms with Gasteiger partial charge < -0.3 is 5.32 Å². The van der Waals surface area contributed by atoms with Gasteiger partial charge >= 0.3 is 0 Å². The van der Waals surface area contributed by atoms with Crippen LogP contribution in [0.25, 0.3) is 0 Å². The van der Waals surface area contributed by atoms with Crippen molar-refractivity contribution in [2.45, 2.75) is 36.8 Å². The van der Waals surface area contributed by atoms with Gasteiger partial charge in [-0.05, 0) is 66.0 Å². The Morgan fingerprint density at radius 2 is 2.41 bits per heavy atom. The smallest absolute Gasteiger partial charge is 0.110 e. The molecule has 2 atom stereocenters. The fourth-order valence-corrected chi connectivity index (χ4v) is 4.10. The minimum atomic E-state index is 0.739. The lowest BCUT2D eigenvalue weighted by molar-refractivity contribution is 0.417. The summed E-state index contributed by atoms with van der Waals surface area (Å²) < 4.78 is 1.11. The molecule has 1 aliphatic carbocycles. The van der Waals surface area contributed by atoms with Crippen molar-refractivity contribution in [3.8, 4) is 0 Å². The zero-order valence-corrected chi connectivity index (χ0v) is 12.6. The normalized spacial score (nSPS) is 24.1. The van der Waals surface area contributed by atoms with E-state index in [0.29, 0.717) is 0 Å². The first-order valence-corrected chi connectivity index (χ1v) is 7.99. The quantitative estimate of drug-likeness (QED) is 0.839. The van der Waals surface area contributed by atoms with Crippen molar-refractivity contribution in [2.75, 3.05) is 12.8 Å². The first kappa shape index (κ1) is 13.4. The van der Waals surface area contributed by atoms with Crippen LogP contribution in [0.5, 0.6) is 0 Å². The van der Waals surface area contributed by atoms with Crippen molar-refractivity contribution in [1.82, 2.24) is 10.3 Å². The maximum atomic E-state index is 4.38. The van der Waals surface area contributed by atoms with E-state index in [4.69, 9.17) is 0 Å². The Hall–Kier alpha value is -0.0600. The van der Waals surface area contributed by atoms with Crippen LogP contribution in [0.3, 0.4) is 0 Å². The zero-order valence-electron chi connectivity index (χ0n) is 10.2. The molecule has 2 rings (SSSR count). The molecule has 1 fully saturated rings. The van der Waals surface area contributed by atoms with Crippen LogP contribution in [-0.4, -0.2) is 23.8 Å². The molecule has 1 N–H and O–H groups in total. The van der Waals surface area contributed by atoms with Crippen molar-refractivity contribution >= 4 is 27.7 Å². The van der Waals surface area contributed by atoms with Gasteiger partial charge in [0.15, 0.2) is 0 Å². The van der Waals surface area contributed by atoms with Crippen molar-refractivity contribution < 1.29 is 0 Å². The second-order valence-electron chi connectivity index (χ2n) is 4.51. The molecule has 0 aliphatic heterocycles. The van der Waals surface area contributed by atoms with Gasteiger partial charge in [0.1, 0.15) is 5.03 Å². The average Bonchev–Trinajstić information content (AvgIpc) is 2.79. The highest BCUT2D eigenvalue weighted by atomic mass is 79.9. The third-order valence-corrected chi connectivity index (χ3v) is 5.42. The van der Waals surface area contributed by atoms with Gasteiger partial charge in [0.05, 0.1) is 0 Å². The number of thioether (sulfide) groups is 1. The number of halogens is 1. The van der Waals surface area contributed by atoms with Gasteiger partial charge in [-0.2, -0.15) is 0 Å². The molecule has 4 heteroatoms. The van der Waals surface area contributed by atoms with Crippen LogP contribution < -0.4 is 5.32 Å². The molecule has 2 unspecified atom stereocenters. The number of rotatable bonds is 5. The number of nitrogens with zero attached hydrogens (tertiary/aromatic N) is 1. The molecule has 1 saturated carbocycles. The van der Waals surface area contributed by atoms with E-state index in [1.54, 1.807) is 0 Å². The van der Waals surface area contributed by atoms with Gasteiger partial charge in [-0.25, -0.2) is 4.98 Å². The first-order valence-electron chi connectivity index (χ1n) is 6.22. The molecule has 1 heterocycles. The van der Waals surface area contributed by atoms with Gasteiger partial charge in [-0.1, -0.05) is 6.42 Å². The largest absolute Gasteiger partial charge is 0.317 e. The first-order chi connectivity index (χ1) is 8.31. The number of hydrogen-bond donors (Lipinski definition) is 1. The Morgan fingerprint density at radius 1 is 1.53 bits per heavy atom. The summed E-state index contributed by atoms with van der Waals surface area (Å²) in [5.41, 5.74) is 0. The summed E-state index contributed by atoms with van der Waals surface area (Å²) >= 11 is 5.40. The van der Waals surface area contributed by atoms with E-state index >= 15 is 0 Å². The Bertz CT molecular complexity index is 359. The Kier molecular flexibility index (Phi) is 5.32. The van der Waals surface area contributed by atoms with E-state index in [1.807, 2.05) is 24.0 Å². The Labute approximate surface area is 116 Å². The summed E-state index contributed by atoms with van der Waals surface area (Å²) in [5.74, 6) is 2.02. The molecule has 1 aromatic heterocycles. The molecule has 17 heavy (non-hydrogen) atoms. The molecule has 1 aromatic rings. The van der Waals surface area contributed by atoms with Gasteiger partial charge in [-0.3, -0.25) is 0 Å². The SMILES string of the molecule is CNC1CCCC1CCSc1ncccc1Br. The highest BCUT2D eigenvalue weighted by Gasteiger charge is 2.25. The van der Waals surface area contributed by atoms with E-state index < -0.39 is 0 Å². The van der Waals surface area contributed by atoms with Crippen molar-refractivity contribution in [2.24, 2.45) is 5.92 Å². The number of pyridine rings is 1. The fourth-order valence-electron chi connectivity index (χ4n) is 2.55. The average molecular weight is 315 g/mol. The van der Waals surface area contributed by atoms with Gasteiger partial charge in [0, 0.05) is 16.7 Å². The third-order valence-electron chi connectivity index (χ3n) is 3.48. The predicted molar refractivity (Wildman–Crippen MR) is 77.5 cm³/mol. The molecule has 2 nitrogen and oxygen atoms in total. The summed E-state index contributed by atoms with van der Waals surface area (Å²) in [6.07, 6.45) is 7.26. The van der Waals surface area contributed by atoms with Crippen molar-refractivity contribution in [1.29, 1.82) is 0 Å². The lowest BCUT2D eigenvalue weighted by atomic mass is 10.0. The summed E-state index contributed by atoms with van der Waals surface area (Å²) in [4.78, 5) is 4.38. The maximum Gasteiger partial charge on any atom is 0.110 e. The van der Waals surface area contributed by atoms with E-state index in [-0.39, 0.29) is 0 Å². The second kappa shape index (κ2) is 6.76. The highest BCUT2D eigenvalue weighted by molar-refractivity contribution is 9.10. The minimum Gasteiger partial charge on any atom is -0.317 e. The van der Waals surface area contributed by atoms with Crippen LogP contribution in [0.2, 0.25) is 0 Å². The number of aromatic nitrogens is 1. The highest BCUT2D eigenvalue weighted by Crippen LogP contribution is 2.31. The van der Waals surface area contributed by atoms with Gasteiger partial charge in [0.25, 0.3) is 0 Å². The van der Waals surface area contributed by atoms with Crippen LogP contribution in [-0.2, 0) is 0 Å². The molecule has 0 bridgehead atoms. The molecule has 0 spiro atoms. The van der Waals surface area contributed by atoms with Gasteiger partial charge in [-0.15, -0.1) is 11.8 Å². The van der Waals surface area contributed by atoms with Crippen molar-refractivity contribution in [3.05, 3.63) is 22.8 Å². The molecule has 0 amide bonds. The molecule has 0 saturated heterocycles. The summed E-state index contributed by atoms with van der Waals surface area (Å²) in [7, 11) is 2.09. The van der Waals surface area contributed by atoms with Gasteiger partial charge in [0.2, 0.25) is 0 Å². The zero-order chi connectivity index (χ0) is 12.1. The summed E-state index contributed by atoms with van der Waals surface area (Å²) in [5, 5.41) is 4.56. The van der Waals surface area contributed by atoms with Crippen LogP contribution in [0.15, 0.2) is 27.8 Å². The van der Waals surface area contributed by atoms with Crippen LogP contribution in [0, 0.1) is 5.92 Å². The monoisotopic (exact) mass is 314 g/mol.